The van der Waals surface area contributed by atoms with Crippen molar-refractivity contribution in [3.05, 3.63) is 216 Å². The van der Waals surface area contributed by atoms with Crippen LogP contribution in [0.15, 0.2) is 182 Å². The first kappa shape index (κ1) is 54.1. The summed E-state index contributed by atoms with van der Waals surface area (Å²) < 4.78 is 9.32. The number of pyridine rings is 1. The van der Waals surface area contributed by atoms with Crippen molar-refractivity contribution in [3.63, 3.8) is 0 Å². The van der Waals surface area contributed by atoms with E-state index >= 15 is 0 Å². The van der Waals surface area contributed by atoms with Crippen LogP contribution < -0.4 is 14.5 Å². The zero-order chi connectivity index (χ0) is 56.8. The van der Waals surface area contributed by atoms with E-state index in [2.05, 4.69) is 301 Å². The third kappa shape index (κ3) is 10.6. The van der Waals surface area contributed by atoms with E-state index in [-0.39, 0.29) is 27.1 Å². The normalized spacial score (nSPS) is 13.4. The molecule has 0 aliphatic carbocycles. The molecule has 8 aromatic carbocycles. The molecule has 1 aliphatic heterocycles. The fraction of sp³-hybridized carbons (Fsp3) is 0.293. The first-order chi connectivity index (χ1) is 37.7. The third-order valence-electron chi connectivity index (χ3n) is 16.4. The molecule has 80 heavy (non-hydrogen) atoms. The Bertz CT molecular complexity index is 3910. The van der Waals surface area contributed by atoms with Gasteiger partial charge >= 0.3 is 0 Å². The lowest BCUT2D eigenvalue weighted by Crippen LogP contribution is -2.25. The Balaban J connectivity index is 1.01. The minimum absolute atomic E-state index is 0.00680. The van der Waals surface area contributed by atoms with Gasteiger partial charge < -0.3 is 14.5 Å². The highest BCUT2D eigenvalue weighted by molar-refractivity contribution is 6.11. The number of benzene rings is 8. The second-order valence-electron chi connectivity index (χ2n) is 27.7. The van der Waals surface area contributed by atoms with E-state index < -0.39 is 0 Å². The lowest BCUT2D eigenvalue weighted by molar-refractivity contribution is 0.483. The standard InChI is InChI=1S/C75H80N4O/c1-48-35-70(76-46-65(48)50-25-29-54(30-26-50)71(2,3)4)79-66-33-27-51(49-21-18-17-19-22-49)38-64(66)63-32-31-62(45-68(63)79)80-61-24-20-23-59(44-61)77-47-78(60-42-57(74(11,12)13)41-58(43-60)75(14,15)16)67-34-28-52(39-69(67)77)53-36-55(72(5,6)7)40-56(37-53)73(8,9)10/h17-46H,47H2,1-16H3. The van der Waals surface area contributed by atoms with E-state index in [1.807, 2.05) is 6.20 Å². The molecule has 0 N–H and O–H groups in total. The molecule has 11 rings (SSSR count). The van der Waals surface area contributed by atoms with E-state index in [9.17, 15) is 0 Å². The van der Waals surface area contributed by atoms with Crippen LogP contribution in [0.4, 0.5) is 22.7 Å². The predicted octanol–water partition coefficient (Wildman–Crippen LogP) is 21.0. The van der Waals surface area contributed by atoms with Crippen molar-refractivity contribution in [2.75, 3.05) is 16.5 Å². The highest BCUT2D eigenvalue weighted by Crippen LogP contribution is 2.49. The number of ether oxygens (including phenoxy) is 1. The minimum Gasteiger partial charge on any atom is -0.457 e. The second-order valence-corrected chi connectivity index (χ2v) is 27.7. The van der Waals surface area contributed by atoms with Crippen molar-refractivity contribution in [1.29, 1.82) is 0 Å². The molecule has 0 saturated carbocycles. The quantitative estimate of drug-likeness (QED) is 0.152. The number of fused-ring (bicyclic) bond motifs is 4. The number of anilines is 4. The van der Waals surface area contributed by atoms with Crippen molar-refractivity contribution >= 4 is 44.6 Å². The molecule has 10 aromatic rings. The van der Waals surface area contributed by atoms with Gasteiger partial charge in [0.05, 0.1) is 22.4 Å². The lowest BCUT2D eigenvalue weighted by atomic mass is 9.79. The molecule has 0 spiro atoms. The summed E-state index contributed by atoms with van der Waals surface area (Å²) in [7, 11) is 0. The summed E-state index contributed by atoms with van der Waals surface area (Å²) in [6, 6.07) is 65.3. The van der Waals surface area contributed by atoms with Crippen LogP contribution in [0.1, 0.15) is 137 Å². The van der Waals surface area contributed by atoms with Gasteiger partial charge in [-0.25, -0.2) is 4.98 Å². The Kier molecular flexibility index (Phi) is 13.3. The highest BCUT2D eigenvalue weighted by Gasteiger charge is 2.32. The van der Waals surface area contributed by atoms with Crippen LogP contribution in [0.5, 0.6) is 11.5 Å². The molecule has 0 amide bonds. The topological polar surface area (TPSA) is 33.5 Å². The predicted molar refractivity (Wildman–Crippen MR) is 342 cm³/mol. The van der Waals surface area contributed by atoms with E-state index in [4.69, 9.17) is 9.72 Å². The van der Waals surface area contributed by atoms with E-state index in [1.165, 1.54) is 61.4 Å². The van der Waals surface area contributed by atoms with Crippen molar-refractivity contribution in [2.24, 2.45) is 0 Å². The van der Waals surface area contributed by atoms with Crippen molar-refractivity contribution in [3.8, 4) is 50.7 Å². The van der Waals surface area contributed by atoms with Crippen LogP contribution in [0.25, 0.3) is 61.0 Å². The zero-order valence-corrected chi connectivity index (χ0v) is 50.2. The van der Waals surface area contributed by atoms with Crippen molar-refractivity contribution < 1.29 is 4.74 Å². The first-order valence-electron chi connectivity index (χ1n) is 28.7. The van der Waals surface area contributed by atoms with Crippen LogP contribution in [0, 0.1) is 6.92 Å². The van der Waals surface area contributed by atoms with Gasteiger partial charge in [-0.3, -0.25) is 4.57 Å². The molecular weight excluding hydrogens is 973 g/mol. The van der Waals surface area contributed by atoms with E-state index in [0.717, 1.165) is 67.2 Å². The molecule has 0 radical (unpaired) electrons. The van der Waals surface area contributed by atoms with Gasteiger partial charge in [0.15, 0.2) is 0 Å². The lowest BCUT2D eigenvalue weighted by Gasteiger charge is -2.29. The summed E-state index contributed by atoms with van der Waals surface area (Å²) in [5.41, 5.74) is 21.6. The van der Waals surface area contributed by atoms with Crippen LogP contribution in [-0.2, 0) is 27.1 Å². The van der Waals surface area contributed by atoms with Gasteiger partial charge in [-0.05, 0) is 162 Å². The van der Waals surface area contributed by atoms with Gasteiger partial charge in [0.25, 0.3) is 0 Å². The second kappa shape index (κ2) is 19.7. The summed E-state index contributed by atoms with van der Waals surface area (Å²) in [5.74, 6) is 2.38. The molecule has 0 unspecified atom stereocenters. The SMILES string of the molecule is Cc1cc(-n2c3ccc(-c4ccccc4)cc3c3ccc(Oc4cccc(N5CN(c6cc(C(C)(C)C)cc(C(C)(C)C)c6)c6ccc(-c7cc(C(C)(C)C)cc(C(C)(C)C)c7)cc65)c4)cc32)ncc1-c1ccc(C(C)(C)C)cc1. The van der Waals surface area contributed by atoms with Crippen LogP contribution in [0.3, 0.4) is 0 Å². The molecule has 0 fully saturated rings. The van der Waals surface area contributed by atoms with Gasteiger partial charge in [0, 0.05) is 46.0 Å². The van der Waals surface area contributed by atoms with Crippen molar-refractivity contribution in [2.45, 2.75) is 138 Å². The molecule has 0 saturated heterocycles. The Morgan fingerprint density at radius 2 is 0.938 bits per heavy atom. The van der Waals surface area contributed by atoms with Crippen LogP contribution in [0.2, 0.25) is 0 Å². The smallest absolute Gasteiger partial charge is 0.137 e. The monoisotopic (exact) mass is 1050 g/mol. The van der Waals surface area contributed by atoms with E-state index in [1.54, 1.807) is 0 Å². The van der Waals surface area contributed by atoms with Crippen molar-refractivity contribution in [1.82, 2.24) is 9.55 Å². The maximum absolute atomic E-state index is 7.02. The summed E-state index contributed by atoms with van der Waals surface area (Å²) >= 11 is 0. The molecule has 406 valence electrons. The molecule has 3 heterocycles. The summed E-state index contributed by atoms with van der Waals surface area (Å²) in [4.78, 5) is 10.2. The molecule has 5 nitrogen and oxygen atoms in total. The summed E-state index contributed by atoms with van der Waals surface area (Å²) in [6.07, 6.45) is 2.04. The molecule has 0 atom stereocenters. The third-order valence-corrected chi connectivity index (χ3v) is 16.4. The fourth-order valence-corrected chi connectivity index (χ4v) is 11.3. The first-order valence-corrected chi connectivity index (χ1v) is 28.7. The van der Waals surface area contributed by atoms with Gasteiger partial charge in [-0.1, -0.05) is 201 Å². The molecule has 2 aromatic heterocycles. The van der Waals surface area contributed by atoms with E-state index in [0.29, 0.717) is 6.67 Å². The van der Waals surface area contributed by atoms with Gasteiger partial charge in [0.2, 0.25) is 0 Å². The summed E-state index contributed by atoms with van der Waals surface area (Å²) in [6.45, 7) is 37.4. The maximum atomic E-state index is 7.02. The number of nitrogens with zero attached hydrogens (tertiary/aromatic N) is 4. The largest absolute Gasteiger partial charge is 0.457 e. The molecule has 0 bridgehead atoms. The molecule has 5 heteroatoms. The Labute approximate surface area is 476 Å². The maximum Gasteiger partial charge on any atom is 0.137 e. The number of rotatable bonds is 8. The van der Waals surface area contributed by atoms with Crippen LogP contribution >= 0.6 is 0 Å². The Hall–Kier alpha value is -7.89. The van der Waals surface area contributed by atoms with Gasteiger partial charge in [0.1, 0.15) is 24.0 Å². The number of aryl methyl sites for hydroxylation is 1. The molecule has 1 aliphatic rings. The number of aromatic nitrogens is 2. The zero-order valence-electron chi connectivity index (χ0n) is 50.2. The molecular formula is C75H80N4O. The van der Waals surface area contributed by atoms with Gasteiger partial charge in [-0.2, -0.15) is 0 Å². The number of hydrogen-bond donors (Lipinski definition) is 0. The summed E-state index contributed by atoms with van der Waals surface area (Å²) in [5, 5.41) is 2.30. The van der Waals surface area contributed by atoms with Crippen LogP contribution in [-0.4, -0.2) is 16.2 Å². The Morgan fingerprint density at radius 1 is 0.375 bits per heavy atom. The average molecular weight is 1050 g/mol. The average Bonchev–Trinajstić information content (AvgIpc) is 4.00. The minimum atomic E-state index is -0.0292. The fourth-order valence-electron chi connectivity index (χ4n) is 11.3. The number of hydrogen-bond acceptors (Lipinski definition) is 4. The Morgan fingerprint density at radius 3 is 1.55 bits per heavy atom. The van der Waals surface area contributed by atoms with Gasteiger partial charge in [-0.15, -0.1) is 0 Å². The highest BCUT2D eigenvalue weighted by atomic mass is 16.5.